The van der Waals surface area contributed by atoms with E-state index in [1.165, 1.54) is 37.1 Å². The van der Waals surface area contributed by atoms with E-state index in [1.807, 2.05) is 6.07 Å². The minimum Gasteiger partial charge on any atom is -0.333 e. The van der Waals surface area contributed by atoms with Crippen molar-refractivity contribution in [1.82, 2.24) is 0 Å². The van der Waals surface area contributed by atoms with E-state index in [9.17, 15) is 5.26 Å². The second-order valence-corrected chi connectivity index (χ2v) is 11.5. The summed E-state index contributed by atoms with van der Waals surface area (Å²) < 4.78 is 2.53. The highest BCUT2D eigenvalue weighted by Crippen LogP contribution is 2.50. The van der Waals surface area contributed by atoms with Crippen molar-refractivity contribution >= 4 is 42.9 Å². The first-order valence-electron chi connectivity index (χ1n) is 13.6. The van der Waals surface area contributed by atoms with Gasteiger partial charge in [-0.1, -0.05) is 97.1 Å². The van der Waals surface area contributed by atoms with Crippen molar-refractivity contribution in [2.75, 3.05) is 4.90 Å². The lowest BCUT2D eigenvalue weighted by atomic mass is 9.91. The second-order valence-electron chi connectivity index (χ2n) is 10.4. The van der Waals surface area contributed by atoms with Gasteiger partial charge in [0, 0.05) is 48.6 Å². The number of para-hydroxylation sites is 2. The Bertz CT molecular complexity index is 2050. The third-order valence-corrected chi connectivity index (χ3v) is 9.40. The number of nitriles is 1. The number of benzene rings is 5. The molecular formula is C37H24N2S. The van der Waals surface area contributed by atoms with Crippen LogP contribution in [0, 0.1) is 11.3 Å². The zero-order valence-electron chi connectivity index (χ0n) is 21.7. The Morgan fingerprint density at radius 2 is 1.35 bits per heavy atom. The number of hydrogen-bond donors (Lipinski definition) is 0. The number of hydrogen-bond acceptors (Lipinski definition) is 3. The van der Waals surface area contributed by atoms with Gasteiger partial charge < -0.3 is 4.90 Å². The molecule has 6 aromatic rings. The predicted octanol–water partition coefficient (Wildman–Crippen LogP) is 9.99. The molecule has 3 heteroatoms. The smallest absolute Gasteiger partial charge is 0.0998 e. The van der Waals surface area contributed by atoms with Gasteiger partial charge in [0.05, 0.1) is 17.7 Å². The van der Waals surface area contributed by atoms with Gasteiger partial charge in [-0.25, -0.2) is 0 Å². The zero-order valence-corrected chi connectivity index (χ0v) is 22.5. The lowest BCUT2D eigenvalue weighted by Crippen LogP contribution is -2.28. The molecule has 2 nitrogen and oxygen atoms in total. The van der Waals surface area contributed by atoms with Crippen LogP contribution in [0.2, 0.25) is 0 Å². The van der Waals surface area contributed by atoms with Crippen molar-refractivity contribution in [2.45, 2.75) is 12.0 Å². The fourth-order valence-electron chi connectivity index (χ4n) is 6.44. The Morgan fingerprint density at radius 3 is 2.27 bits per heavy atom. The molecule has 1 aliphatic carbocycles. The molecule has 2 unspecified atom stereocenters. The summed E-state index contributed by atoms with van der Waals surface area (Å²) in [4.78, 5) is 2.48. The first-order chi connectivity index (χ1) is 19.8. The Kier molecular flexibility index (Phi) is 5.23. The SMILES string of the molecule is N#Cc1ccc(-c2ccccc2N2c3ccccc3C3C=CC=CC32)cc1-c1ccc2c(c1)sc1ccccc12. The van der Waals surface area contributed by atoms with Crippen LogP contribution in [0.25, 0.3) is 42.4 Å². The van der Waals surface area contributed by atoms with E-state index in [-0.39, 0.29) is 6.04 Å². The summed E-state index contributed by atoms with van der Waals surface area (Å²) in [5.41, 5.74) is 8.79. The van der Waals surface area contributed by atoms with Crippen LogP contribution in [0.4, 0.5) is 11.4 Å². The summed E-state index contributed by atoms with van der Waals surface area (Å²) in [6.45, 7) is 0. The van der Waals surface area contributed by atoms with E-state index >= 15 is 0 Å². The van der Waals surface area contributed by atoms with Crippen molar-refractivity contribution in [3.05, 3.63) is 145 Å². The molecule has 0 N–H and O–H groups in total. The fourth-order valence-corrected chi connectivity index (χ4v) is 7.58. The molecule has 1 aliphatic heterocycles. The highest BCUT2D eigenvalue weighted by molar-refractivity contribution is 7.25. The van der Waals surface area contributed by atoms with Crippen LogP contribution in [-0.2, 0) is 0 Å². The molecule has 0 saturated carbocycles. The summed E-state index contributed by atoms with van der Waals surface area (Å²) >= 11 is 1.81. The molecule has 2 aliphatic rings. The maximum atomic E-state index is 10.1. The van der Waals surface area contributed by atoms with Crippen LogP contribution < -0.4 is 4.90 Å². The fraction of sp³-hybridized carbons (Fsp3) is 0.0541. The maximum Gasteiger partial charge on any atom is 0.0998 e. The number of thiophene rings is 1. The summed E-state index contributed by atoms with van der Waals surface area (Å²) in [6.07, 6.45) is 8.95. The van der Waals surface area contributed by atoms with Crippen LogP contribution >= 0.6 is 11.3 Å². The molecule has 188 valence electrons. The van der Waals surface area contributed by atoms with Crippen LogP contribution in [-0.4, -0.2) is 6.04 Å². The van der Waals surface area contributed by atoms with Gasteiger partial charge in [0.2, 0.25) is 0 Å². The normalized spacial score (nSPS) is 17.2. The molecule has 1 aromatic heterocycles. The van der Waals surface area contributed by atoms with Gasteiger partial charge in [-0.15, -0.1) is 11.3 Å². The third kappa shape index (κ3) is 3.47. The number of rotatable bonds is 3. The zero-order chi connectivity index (χ0) is 26.6. The lowest BCUT2D eigenvalue weighted by molar-refractivity contribution is 0.745. The monoisotopic (exact) mass is 528 g/mol. The molecule has 40 heavy (non-hydrogen) atoms. The molecule has 0 fully saturated rings. The average Bonchev–Trinajstić information content (AvgIpc) is 3.56. The Balaban J connectivity index is 1.28. The molecular weight excluding hydrogens is 504 g/mol. The van der Waals surface area contributed by atoms with Crippen molar-refractivity contribution in [2.24, 2.45) is 0 Å². The first kappa shape index (κ1) is 23.0. The molecule has 0 bridgehead atoms. The molecule has 2 atom stereocenters. The van der Waals surface area contributed by atoms with Gasteiger partial charge in [0.25, 0.3) is 0 Å². The molecule has 0 spiro atoms. The maximum absolute atomic E-state index is 10.1. The van der Waals surface area contributed by atoms with E-state index in [4.69, 9.17) is 0 Å². The molecule has 8 rings (SSSR count). The van der Waals surface area contributed by atoms with Crippen LogP contribution in [0.15, 0.2) is 133 Å². The number of nitrogens with zero attached hydrogens (tertiary/aromatic N) is 2. The quantitative estimate of drug-likeness (QED) is 0.228. The van der Waals surface area contributed by atoms with Gasteiger partial charge in [-0.2, -0.15) is 5.26 Å². The molecule has 0 saturated heterocycles. The predicted molar refractivity (Wildman–Crippen MR) is 168 cm³/mol. The van der Waals surface area contributed by atoms with Crippen LogP contribution in [0.3, 0.4) is 0 Å². The van der Waals surface area contributed by atoms with Gasteiger partial charge in [-0.3, -0.25) is 0 Å². The van der Waals surface area contributed by atoms with E-state index in [1.54, 1.807) is 11.3 Å². The van der Waals surface area contributed by atoms with Crippen LogP contribution in [0.5, 0.6) is 0 Å². The Labute approximate surface area is 237 Å². The van der Waals surface area contributed by atoms with E-state index in [0.29, 0.717) is 11.5 Å². The van der Waals surface area contributed by atoms with E-state index in [0.717, 1.165) is 22.3 Å². The number of fused-ring (bicyclic) bond motifs is 6. The van der Waals surface area contributed by atoms with Gasteiger partial charge in [0.15, 0.2) is 0 Å². The van der Waals surface area contributed by atoms with Gasteiger partial charge >= 0.3 is 0 Å². The van der Waals surface area contributed by atoms with Crippen molar-refractivity contribution in [1.29, 1.82) is 5.26 Å². The minimum atomic E-state index is 0.233. The first-order valence-corrected chi connectivity index (χ1v) is 14.4. The van der Waals surface area contributed by atoms with Crippen LogP contribution in [0.1, 0.15) is 17.0 Å². The standard InChI is InChI=1S/C37H24N2S/c38-23-26-18-17-24(21-32(26)25-19-20-31-30-12-4-8-16-36(30)40-37(31)22-25)27-9-1-5-13-33(27)39-34-14-6-2-10-28(34)29-11-3-7-15-35(29)39/h1-22,28,34H. The average molecular weight is 529 g/mol. The summed E-state index contributed by atoms with van der Waals surface area (Å²) in [7, 11) is 0. The second kappa shape index (κ2) is 9.09. The van der Waals surface area contributed by atoms with E-state index < -0.39 is 0 Å². The van der Waals surface area contributed by atoms with Crippen molar-refractivity contribution in [3.8, 4) is 28.3 Å². The van der Waals surface area contributed by atoms with Crippen molar-refractivity contribution in [3.63, 3.8) is 0 Å². The van der Waals surface area contributed by atoms with Crippen molar-refractivity contribution < 1.29 is 0 Å². The minimum absolute atomic E-state index is 0.233. The molecule has 0 amide bonds. The van der Waals surface area contributed by atoms with E-state index in [2.05, 4.69) is 138 Å². The Hall–Kier alpha value is -4.91. The molecule has 5 aromatic carbocycles. The third-order valence-electron chi connectivity index (χ3n) is 8.26. The lowest BCUT2D eigenvalue weighted by Gasteiger charge is -2.30. The summed E-state index contributed by atoms with van der Waals surface area (Å²) in [5.74, 6) is 0.332. The summed E-state index contributed by atoms with van der Waals surface area (Å²) in [5, 5.41) is 12.6. The number of anilines is 2. The summed E-state index contributed by atoms with van der Waals surface area (Å²) in [6, 6.07) is 41.5. The number of allylic oxidation sites excluding steroid dienone is 2. The molecule has 0 radical (unpaired) electrons. The van der Waals surface area contributed by atoms with Gasteiger partial charge in [-0.05, 0) is 53.1 Å². The topological polar surface area (TPSA) is 27.0 Å². The highest BCUT2D eigenvalue weighted by atomic mass is 32.1. The van der Waals surface area contributed by atoms with Gasteiger partial charge in [0.1, 0.15) is 0 Å². The highest BCUT2D eigenvalue weighted by Gasteiger charge is 2.37. The Morgan fingerprint density at radius 1 is 0.625 bits per heavy atom. The molecule has 2 heterocycles. The largest absolute Gasteiger partial charge is 0.333 e.